The summed E-state index contributed by atoms with van der Waals surface area (Å²) in [5.41, 5.74) is 3.51. The third-order valence-electron chi connectivity index (χ3n) is 3.98. The number of nitrogens with one attached hydrogen (secondary N) is 1. The summed E-state index contributed by atoms with van der Waals surface area (Å²) < 4.78 is 0. The van der Waals surface area contributed by atoms with Crippen molar-refractivity contribution < 1.29 is 5.11 Å². The van der Waals surface area contributed by atoms with Crippen molar-refractivity contribution >= 4 is 0 Å². The van der Waals surface area contributed by atoms with Crippen LogP contribution in [0, 0.1) is 13.8 Å². The molecule has 0 aliphatic rings. The van der Waals surface area contributed by atoms with E-state index in [2.05, 4.69) is 50.0 Å². The second-order valence-electron chi connectivity index (χ2n) is 5.44. The molecule has 1 atom stereocenters. The standard InChI is InChI=1S/C17H30N2O/c1-5-19(6-2)11-7-10-18-13-17(20)16-9-8-14(3)15(4)12-16/h8-9,12,17-18,20H,5-7,10-11,13H2,1-4H3. The van der Waals surface area contributed by atoms with Gasteiger partial charge < -0.3 is 15.3 Å². The predicted molar refractivity (Wildman–Crippen MR) is 86.2 cm³/mol. The Balaban J connectivity index is 2.26. The summed E-state index contributed by atoms with van der Waals surface area (Å²) in [7, 11) is 0. The minimum atomic E-state index is -0.414. The van der Waals surface area contributed by atoms with E-state index < -0.39 is 6.10 Å². The molecular weight excluding hydrogens is 248 g/mol. The number of nitrogens with zero attached hydrogens (tertiary/aromatic N) is 1. The van der Waals surface area contributed by atoms with Crippen molar-refractivity contribution in [1.82, 2.24) is 10.2 Å². The van der Waals surface area contributed by atoms with E-state index in [1.807, 2.05) is 6.07 Å². The first-order chi connectivity index (χ1) is 9.58. The van der Waals surface area contributed by atoms with Gasteiger partial charge in [0.05, 0.1) is 6.10 Å². The van der Waals surface area contributed by atoms with E-state index >= 15 is 0 Å². The minimum Gasteiger partial charge on any atom is -0.387 e. The molecule has 1 rings (SSSR count). The molecule has 20 heavy (non-hydrogen) atoms. The van der Waals surface area contributed by atoms with Crippen LogP contribution in [0.25, 0.3) is 0 Å². The van der Waals surface area contributed by atoms with E-state index in [1.54, 1.807) is 0 Å². The van der Waals surface area contributed by atoms with Crippen LogP contribution in [0.2, 0.25) is 0 Å². The van der Waals surface area contributed by atoms with Crippen LogP contribution in [0.5, 0.6) is 0 Å². The molecule has 0 aromatic heterocycles. The summed E-state index contributed by atoms with van der Waals surface area (Å²) in [6.45, 7) is 13.5. The molecule has 0 heterocycles. The molecule has 0 aliphatic carbocycles. The molecule has 1 unspecified atom stereocenters. The van der Waals surface area contributed by atoms with Gasteiger partial charge in [-0.1, -0.05) is 32.0 Å². The predicted octanol–water partition coefficient (Wildman–Crippen LogP) is 2.66. The quantitative estimate of drug-likeness (QED) is 0.682. The van der Waals surface area contributed by atoms with Crippen molar-refractivity contribution in [3.8, 4) is 0 Å². The highest BCUT2D eigenvalue weighted by molar-refractivity contribution is 5.31. The molecule has 1 aromatic rings. The van der Waals surface area contributed by atoms with Crippen LogP contribution in [0.15, 0.2) is 18.2 Å². The molecular formula is C17H30N2O. The highest BCUT2D eigenvalue weighted by atomic mass is 16.3. The van der Waals surface area contributed by atoms with Gasteiger partial charge in [-0.25, -0.2) is 0 Å². The molecule has 3 nitrogen and oxygen atoms in total. The highest BCUT2D eigenvalue weighted by Gasteiger charge is 2.07. The van der Waals surface area contributed by atoms with Crippen molar-refractivity contribution in [2.45, 2.75) is 40.2 Å². The van der Waals surface area contributed by atoms with Crippen LogP contribution < -0.4 is 5.32 Å². The van der Waals surface area contributed by atoms with Crippen molar-refractivity contribution in [2.24, 2.45) is 0 Å². The molecule has 0 spiro atoms. The van der Waals surface area contributed by atoms with Crippen molar-refractivity contribution in [3.05, 3.63) is 34.9 Å². The van der Waals surface area contributed by atoms with Gasteiger partial charge in [0.2, 0.25) is 0 Å². The third-order valence-corrected chi connectivity index (χ3v) is 3.98. The molecule has 0 saturated carbocycles. The number of hydrogen-bond acceptors (Lipinski definition) is 3. The second kappa shape index (κ2) is 9.11. The maximum absolute atomic E-state index is 10.2. The minimum absolute atomic E-state index is 0.414. The van der Waals surface area contributed by atoms with Gasteiger partial charge in [-0.15, -0.1) is 0 Å². The lowest BCUT2D eigenvalue weighted by atomic mass is 10.0. The zero-order valence-corrected chi connectivity index (χ0v) is 13.4. The zero-order chi connectivity index (χ0) is 15.0. The van der Waals surface area contributed by atoms with Crippen LogP contribution in [0.4, 0.5) is 0 Å². The first-order valence-electron chi connectivity index (χ1n) is 7.76. The van der Waals surface area contributed by atoms with Crippen LogP contribution in [0.3, 0.4) is 0 Å². The molecule has 0 fully saturated rings. The molecule has 0 bridgehead atoms. The van der Waals surface area contributed by atoms with Gasteiger partial charge in [-0.05, 0) is 63.1 Å². The fraction of sp³-hybridized carbons (Fsp3) is 0.647. The number of aryl methyl sites for hydroxylation is 2. The first kappa shape index (κ1) is 17.2. The first-order valence-corrected chi connectivity index (χ1v) is 7.76. The van der Waals surface area contributed by atoms with Crippen LogP contribution in [-0.4, -0.2) is 42.7 Å². The molecule has 0 radical (unpaired) electrons. The summed E-state index contributed by atoms with van der Waals surface area (Å²) in [5, 5.41) is 13.5. The average molecular weight is 278 g/mol. The largest absolute Gasteiger partial charge is 0.387 e. The summed E-state index contributed by atoms with van der Waals surface area (Å²) in [6, 6.07) is 6.18. The SMILES string of the molecule is CCN(CC)CCCNCC(O)c1ccc(C)c(C)c1. The fourth-order valence-electron chi connectivity index (χ4n) is 2.30. The van der Waals surface area contributed by atoms with Crippen molar-refractivity contribution in [3.63, 3.8) is 0 Å². The average Bonchev–Trinajstić information content (AvgIpc) is 2.45. The number of benzene rings is 1. The molecule has 0 amide bonds. The van der Waals surface area contributed by atoms with E-state index in [0.717, 1.165) is 38.2 Å². The Morgan fingerprint density at radius 3 is 2.45 bits per heavy atom. The van der Waals surface area contributed by atoms with E-state index in [4.69, 9.17) is 0 Å². The highest BCUT2D eigenvalue weighted by Crippen LogP contribution is 2.16. The molecule has 0 saturated heterocycles. The van der Waals surface area contributed by atoms with Gasteiger partial charge in [-0.3, -0.25) is 0 Å². The lowest BCUT2D eigenvalue weighted by Crippen LogP contribution is -2.28. The summed E-state index contributed by atoms with van der Waals surface area (Å²) in [4.78, 5) is 2.42. The smallest absolute Gasteiger partial charge is 0.0914 e. The van der Waals surface area contributed by atoms with Gasteiger partial charge in [-0.2, -0.15) is 0 Å². The Hall–Kier alpha value is -0.900. The van der Waals surface area contributed by atoms with Gasteiger partial charge in [0.15, 0.2) is 0 Å². The summed E-state index contributed by atoms with van der Waals surface area (Å²) in [5.74, 6) is 0. The third kappa shape index (κ3) is 5.61. The lowest BCUT2D eigenvalue weighted by Gasteiger charge is -2.18. The molecule has 3 heteroatoms. The number of aliphatic hydroxyl groups is 1. The lowest BCUT2D eigenvalue weighted by molar-refractivity contribution is 0.174. The van der Waals surface area contributed by atoms with Crippen LogP contribution >= 0.6 is 0 Å². The van der Waals surface area contributed by atoms with Crippen molar-refractivity contribution in [1.29, 1.82) is 0 Å². The maximum Gasteiger partial charge on any atom is 0.0914 e. The fourth-order valence-corrected chi connectivity index (χ4v) is 2.30. The molecule has 1 aromatic carbocycles. The zero-order valence-electron chi connectivity index (χ0n) is 13.4. The second-order valence-corrected chi connectivity index (χ2v) is 5.44. The molecule has 2 N–H and O–H groups in total. The van der Waals surface area contributed by atoms with Gasteiger partial charge in [0.25, 0.3) is 0 Å². The monoisotopic (exact) mass is 278 g/mol. The Kier molecular flexibility index (Phi) is 7.82. The molecule has 114 valence electrons. The number of rotatable bonds is 9. The van der Waals surface area contributed by atoms with Crippen LogP contribution in [-0.2, 0) is 0 Å². The van der Waals surface area contributed by atoms with Crippen molar-refractivity contribution in [2.75, 3.05) is 32.7 Å². The van der Waals surface area contributed by atoms with Gasteiger partial charge >= 0.3 is 0 Å². The van der Waals surface area contributed by atoms with E-state index in [0.29, 0.717) is 6.54 Å². The summed E-state index contributed by atoms with van der Waals surface area (Å²) >= 11 is 0. The Morgan fingerprint density at radius 1 is 1.15 bits per heavy atom. The normalized spacial score (nSPS) is 12.9. The Bertz CT molecular complexity index is 389. The van der Waals surface area contributed by atoms with E-state index in [9.17, 15) is 5.11 Å². The number of aliphatic hydroxyl groups excluding tert-OH is 1. The van der Waals surface area contributed by atoms with Gasteiger partial charge in [0, 0.05) is 6.54 Å². The Morgan fingerprint density at radius 2 is 1.85 bits per heavy atom. The maximum atomic E-state index is 10.2. The van der Waals surface area contributed by atoms with Crippen LogP contribution in [0.1, 0.15) is 43.1 Å². The Labute approximate surface area is 124 Å². The topological polar surface area (TPSA) is 35.5 Å². The van der Waals surface area contributed by atoms with E-state index in [-0.39, 0.29) is 0 Å². The van der Waals surface area contributed by atoms with Gasteiger partial charge in [0.1, 0.15) is 0 Å². The summed E-state index contributed by atoms with van der Waals surface area (Å²) in [6.07, 6.45) is 0.712. The number of hydrogen-bond donors (Lipinski definition) is 2. The molecule has 0 aliphatic heterocycles. The van der Waals surface area contributed by atoms with E-state index in [1.165, 1.54) is 11.1 Å².